The largest absolute Gasteiger partial charge is 0.439 e. The molecule has 18 heteroatoms. The van der Waals surface area contributed by atoms with E-state index in [-0.39, 0.29) is 24.9 Å². The number of hydrogen-bond donors (Lipinski definition) is 3. The summed E-state index contributed by atoms with van der Waals surface area (Å²) in [5, 5.41) is 9.39. The van der Waals surface area contributed by atoms with Gasteiger partial charge in [0.05, 0.1) is 59.2 Å². The normalized spacial score (nSPS) is 16.8. The molecule has 3 aromatic heterocycles. The minimum Gasteiger partial charge on any atom is -0.439 e. The number of hydrogen-bond acceptors (Lipinski definition) is 10. The Labute approximate surface area is 392 Å². The highest BCUT2D eigenvalue weighted by Gasteiger charge is 2.41. The summed E-state index contributed by atoms with van der Waals surface area (Å²) in [7, 11) is 0. The van der Waals surface area contributed by atoms with E-state index in [9.17, 15) is 35.9 Å². The second kappa shape index (κ2) is 18.4. The first-order valence-electron chi connectivity index (χ1n) is 22.3. The Kier molecular flexibility index (Phi) is 12.0. The maximum Gasteiger partial charge on any atom is 0.416 e. The fourth-order valence-corrected chi connectivity index (χ4v) is 9.07. The van der Waals surface area contributed by atoms with Crippen LogP contribution >= 0.6 is 0 Å². The number of aromatic nitrogens is 3. The number of anilines is 5. The Bertz CT molecular complexity index is 3030. The van der Waals surface area contributed by atoms with Crippen molar-refractivity contribution in [3.63, 3.8) is 0 Å². The maximum absolute atomic E-state index is 13.8. The molecule has 4 aliphatic heterocycles. The van der Waals surface area contributed by atoms with Crippen molar-refractivity contribution in [2.24, 2.45) is 0 Å². The number of carbonyl (C=O) groups is 2. The van der Waals surface area contributed by atoms with Gasteiger partial charge in [0, 0.05) is 60.2 Å². The highest BCUT2D eigenvalue weighted by molar-refractivity contribution is 6.05. The Balaban J connectivity index is 0.000000209. The summed E-state index contributed by atoms with van der Waals surface area (Å²) in [5.74, 6) is 2.04. The monoisotopic (exact) mass is 943 g/mol. The number of pyridine rings is 2. The van der Waals surface area contributed by atoms with Gasteiger partial charge < -0.3 is 30.2 Å². The number of nitrogens with one attached hydrogen (secondary N) is 3. The Morgan fingerprint density at radius 3 is 2.07 bits per heavy atom. The molecule has 12 nitrogen and oxygen atoms in total. The van der Waals surface area contributed by atoms with E-state index in [2.05, 4.69) is 35.7 Å². The summed E-state index contributed by atoms with van der Waals surface area (Å²) in [6, 6.07) is 33.5. The van der Waals surface area contributed by atoms with Crippen LogP contribution in [0, 0.1) is 0 Å². The van der Waals surface area contributed by atoms with E-state index < -0.39 is 29.5 Å². The van der Waals surface area contributed by atoms with Gasteiger partial charge in [-0.3, -0.25) is 9.69 Å². The number of oxazole rings is 1. The molecule has 2 atom stereocenters. The third kappa shape index (κ3) is 9.70. The first kappa shape index (κ1) is 45.1. The molecule has 0 radical (unpaired) electrons. The molecule has 2 saturated heterocycles. The predicted molar refractivity (Wildman–Crippen MR) is 250 cm³/mol. The van der Waals surface area contributed by atoms with Gasteiger partial charge >= 0.3 is 18.4 Å². The van der Waals surface area contributed by atoms with Crippen molar-refractivity contribution < 1.29 is 40.3 Å². The molecular formula is C51H43F6N9O3. The molecule has 7 aromatic rings. The number of carbonyl (C=O) groups excluding carboxylic acids is 2. The first-order valence-corrected chi connectivity index (χ1v) is 22.3. The molecule has 352 valence electrons. The van der Waals surface area contributed by atoms with Gasteiger partial charge in [-0.1, -0.05) is 66.7 Å². The molecule has 69 heavy (non-hydrogen) atoms. The Hall–Kier alpha value is -7.73. The highest BCUT2D eigenvalue weighted by Crippen LogP contribution is 2.42. The number of nitrogens with zero attached hydrogens (tertiary/aromatic N) is 6. The molecule has 7 heterocycles. The van der Waals surface area contributed by atoms with Gasteiger partial charge in [0.25, 0.3) is 0 Å². The number of Topliss-reactive ketones (excluding diaryl/α,β-unsaturated/α-hetero) is 1. The minimum atomic E-state index is -4.48. The molecule has 0 aliphatic carbocycles. The van der Waals surface area contributed by atoms with Crippen LogP contribution < -0.4 is 30.7 Å². The van der Waals surface area contributed by atoms with Crippen molar-refractivity contribution in [3.8, 4) is 33.8 Å². The van der Waals surface area contributed by atoms with E-state index in [4.69, 9.17) is 9.40 Å². The third-order valence-electron chi connectivity index (χ3n) is 12.5. The van der Waals surface area contributed by atoms with Crippen LogP contribution in [0.1, 0.15) is 40.2 Å². The number of rotatable bonds is 9. The van der Waals surface area contributed by atoms with E-state index in [1.165, 1.54) is 12.1 Å². The number of amides is 2. The van der Waals surface area contributed by atoms with Gasteiger partial charge in [-0.05, 0) is 73.5 Å². The average Bonchev–Trinajstić information content (AvgIpc) is 4.11. The molecule has 3 N–H and O–H groups in total. The van der Waals surface area contributed by atoms with Crippen molar-refractivity contribution >= 4 is 40.5 Å². The molecule has 0 spiro atoms. The van der Waals surface area contributed by atoms with Gasteiger partial charge in [0.15, 0.2) is 23.2 Å². The lowest BCUT2D eigenvalue weighted by Gasteiger charge is -2.36. The molecule has 0 unspecified atom stereocenters. The van der Waals surface area contributed by atoms with Crippen molar-refractivity contribution in [2.45, 2.75) is 43.8 Å². The van der Waals surface area contributed by atoms with E-state index >= 15 is 0 Å². The van der Waals surface area contributed by atoms with Gasteiger partial charge in [-0.15, -0.1) is 0 Å². The zero-order chi connectivity index (χ0) is 47.9. The molecular weight excluding hydrogens is 901 g/mol. The van der Waals surface area contributed by atoms with Crippen LogP contribution in [0.5, 0.6) is 0 Å². The lowest BCUT2D eigenvalue weighted by molar-refractivity contribution is -0.138. The number of fused-ring (bicyclic) bond motifs is 8. The van der Waals surface area contributed by atoms with E-state index in [0.29, 0.717) is 69.4 Å². The van der Waals surface area contributed by atoms with Crippen LogP contribution in [0.2, 0.25) is 0 Å². The SMILES string of the molecule is FC(F)(F)c1cccc(-c2ccc3c(n2)N[C@H]2CCN3C2)c1.O=C(CNCc1ncc(-c2cccc(NC(=O)N3c4nc(-c5cccc(C(F)(F)F)c5)ccc4N4CC[C@H]3C4)c2)o1)c1ccccc1. The lowest BCUT2D eigenvalue weighted by Crippen LogP contribution is -2.48. The van der Waals surface area contributed by atoms with Gasteiger partial charge in [-0.25, -0.2) is 19.7 Å². The number of benzene rings is 4. The van der Waals surface area contributed by atoms with Crippen LogP contribution in [0.25, 0.3) is 33.8 Å². The summed E-state index contributed by atoms with van der Waals surface area (Å²) in [6.07, 6.45) is -5.44. The smallest absolute Gasteiger partial charge is 0.416 e. The summed E-state index contributed by atoms with van der Waals surface area (Å²) in [4.78, 5) is 45.7. The highest BCUT2D eigenvalue weighted by atomic mass is 19.4. The lowest BCUT2D eigenvalue weighted by atomic mass is 10.1. The molecule has 11 rings (SSSR count). The topological polar surface area (TPSA) is 132 Å². The Morgan fingerprint density at radius 2 is 1.35 bits per heavy atom. The minimum absolute atomic E-state index is 0.0375. The number of alkyl halides is 6. The third-order valence-corrected chi connectivity index (χ3v) is 12.5. The summed E-state index contributed by atoms with van der Waals surface area (Å²) >= 11 is 0. The van der Waals surface area contributed by atoms with Crippen LogP contribution in [0.3, 0.4) is 0 Å². The first-order chi connectivity index (χ1) is 33.2. The fraction of sp³-hybridized carbons (Fsp3) is 0.235. The van der Waals surface area contributed by atoms with Crippen LogP contribution in [-0.2, 0) is 18.9 Å². The summed E-state index contributed by atoms with van der Waals surface area (Å²) in [6.45, 7) is 3.74. The number of halogens is 6. The molecule has 0 saturated carbocycles. The van der Waals surface area contributed by atoms with Crippen LogP contribution in [-0.4, -0.2) is 71.6 Å². The van der Waals surface area contributed by atoms with Crippen molar-refractivity contribution in [3.05, 3.63) is 156 Å². The molecule has 4 aromatic carbocycles. The Morgan fingerprint density at radius 1 is 0.696 bits per heavy atom. The van der Waals surface area contributed by atoms with E-state index in [1.54, 1.807) is 65.7 Å². The summed E-state index contributed by atoms with van der Waals surface area (Å²) in [5.41, 5.74) is 3.90. The van der Waals surface area contributed by atoms with Crippen molar-refractivity contribution in [2.75, 3.05) is 58.1 Å². The number of ketones is 1. The standard InChI is InChI=1S/C35H29F3N6O3.C16H14F3N3/c36-35(37,38)25-10-4-8-23(16-25)28-12-13-29-33(42-28)44(27-14-15-43(29)21-27)34(46)41-26-11-5-9-24(17-26)31-19-40-32(47-31)20-39-18-30(45)22-6-2-1-3-7-22;17-16(18,19)11-3-1-2-10(8-11)13-4-5-14-15(21-13)20-12-6-7-22(14)9-12/h1-13,16-17,19,27,39H,14-15,18,20-21H2,(H,41,46);1-5,8,12H,6-7,9H2,(H,20,21)/t27-;12-/m00/s1. The van der Waals surface area contributed by atoms with Crippen molar-refractivity contribution in [1.82, 2.24) is 20.3 Å². The predicted octanol–water partition coefficient (Wildman–Crippen LogP) is 10.8. The summed E-state index contributed by atoms with van der Waals surface area (Å²) < 4.78 is 84.6. The molecule has 4 bridgehead atoms. The van der Waals surface area contributed by atoms with Gasteiger partial charge in [-0.2, -0.15) is 26.3 Å². The van der Waals surface area contributed by atoms with E-state index in [0.717, 1.165) is 73.9 Å². The molecule has 4 aliphatic rings. The van der Waals surface area contributed by atoms with Crippen LogP contribution in [0.15, 0.2) is 138 Å². The second-order valence-corrected chi connectivity index (χ2v) is 17.1. The molecule has 2 fully saturated rings. The van der Waals surface area contributed by atoms with Gasteiger partial charge in [0.2, 0.25) is 5.89 Å². The van der Waals surface area contributed by atoms with Crippen LogP contribution in [0.4, 0.5) is 59.8 Å². The fourth-order valence-electron chi connectivity index (χ4n) is 9.07. The van der Waals surface area contributed by atoms with Gasteiger partial charge in [0.1, 0.15) is 0 Å². The number of urea groups is 1. The zero-order valence-corrected chi connectivity index (χ0v) is 36.7. The van der Waals surface area contributed by atoms with Crippen molar-refractivity contribution in [1.29, 1.82) is 0 Å². The second-order valence-electron chi connectivity index (χ2n) is 17.1. The molecule has 2 amide bonds. The zero-order valence-electron chi connectivity index (χ0n) is 36.7. The van der Waals surface area contributed by atoms with E-state index in [1.807, 2.05) is 36.4 Å². The quantitative estimate of drug-likeness (QED) is 0.0949. The maximum atomic E-state index is 13.8. The average molecular weight is 944 g/mol.